The topological polar surface area (TPSA) is 118 Å². The molecule has 2 amide bonds. The highest BCUT2D eigenvalue weighted by Crippen LogP contribution is 2.36. The van der Waals surface area contributed by atoms with E-state index in [4.69, 9.17) is 14.6 Å². The number of benzene rings is 1. The number of nitrogens with zero attached hydrogens (tertiary/aromatic N) is 2. The van der Waals surface area contributed by atoms with Gasteiger partial charge in [-0.3, -0.25) is 14.4 Å². The van der Waals surface area contributed by atoms with Gasteiger partial charge in [0.2, 0.25) is 11.8 Å². The summed E-state index contributed by atoms with van der Waals surface area (Å²) in [4.78, 5) is 43.6. The number of aromatic nitrogens is 1. The summed E-state index contributed by atoms with van der Waals surface area (Å²) < 4.78 is 26.4. The summed E-state index contributed by atoms with van der Waals surface area (Å²) in [5, 5.41) is 11.3. The van der Waals surface area contributed by atoms with E-state index in [9.17, 15) is 18.8 Å². The Bertz CT molecular complexity index is 1170. The van der Waals surface area contributed by atoms with Crippen molar-refractivity contribution in [2.45, 2.75) is 38.2 Å². The molecule has 0 radical (unpaired) electrons. The Morgan fingerprint density at radius 3 is 2.78 bits per heavy atom. The Balaban J connectivity index is 1.22. The summed E-state index contributed by atoms with van der Waals surface area (Å²) in [6.45, 7) is 0.868. The normalized spacial score (nSPS) is 21.0. The molecule has 1 aliphatic heterocycles. The molecule has 1 unspecified atom stereocenters. The maximum atomic E-state index is 14.9. The summed E-state index contributed by atoms with van der Waals surface area (Å²) >= 11 is 0. The summed E-state index contributed by atoms with van der Waals surface area (Å²) in [5.74, 6) is -0.695. The van der Waals surface area contributed by atoms with Crippen molar-refractivity contribution in [1.29, 1.82) is 0 Å². The minimum atomic E-state index is -0.750. The molecule has 2 aromatic rings. The number of nitrogens with one attached hydrogen (secondary N) is 1. The number of hydrogen-bond donors (Lipinski definition) is 2. The Morgan fingerprint density at radius 1 is 1.22 bits per heavy atom. The second-order valence-corrected chi connectivity index (χ2v) is 9.47. The molecule has 0 spiro atoms. The number of fused-ring (bicyclic) bond motifs is 1. The quantitative estimate of drug-likeness (QED) is 0.516. The molecule has 2 fully saturated rings. The van der Waals surface area contributed by atoms with Gasteiger partial charge in [-0.1, -0.05) is 0 Å². The number of carbonyl (C=O) groups excluding carboxylic acids is 3. The Hall–Kier alpha value is -3.53. The van der Waals surface area contributed by atoms with E-state index < -0.39 is 17.8 Å². The van der Waals surface area contributed by atoms with E-state index in [1.807, 2.05) is 0 Å². The molecule has 2 heterocycles. The van der Waals surface area contributed by atoms with Gasteiger partial charge in [0.25, 0.3) is 5.91 Å². The smallest absolute Gasteiger partial charge is 0.268 e. The average molecular weight is 498 g/mol. The maximum absolute atomic E-state index is 14.9. The van der Waals surface area contributed by atoms with Crippen molar-refractivity contribution < 1.29 is 33.4 Å². The second kappa shape index (κ2) is 10.2. The lowest BCUT2D eigenvalue weighted by atomic mass is 10.0. The van der Waals surface area contributed by atoms with E-state index in [2.05, 4.69) is 10.3 Å². The predicted octanol–water partition coefficient (Wildman–Crippen LogP) is 2.05. The molecule has 10 heteroatoms. The van der Waals surface area contributed by atoms with Gasteiger partial charge < -0.3 is 24.8 Å². The number of aliphatic hydroxyl groups excluding tert-OH is 1. The van der Waals surface area contributed by atoms with Crippen molar-refractivity contribution in [1.82, 2.24) is 10.3 Å². The molecule has 0 bridgehead atoms. The van der Waals surface area contributed by atoms with Gasteiger partial charge >= 0.3 is 0 Å². The van der Waals surface area contributed by atoms with E-state index in [0.29, 0.717) is 42.8 Å². The van der Waals surface area contributed by atoms with Gasteiger partial charge in [0.1, 0.15) is 11.6 Å². The second-order valence-electron chi connectivity index (χ2n) is 9.47. The molecule has 1 saturated carbocycles. The molecule has 2 atom stereocenters. The number of rotatable bonds is 10. The molecular weight excluding hydrogens is 469 g/mol. The largest absolute Gasteiger partial charge is 0.479 e. The Morgan fingerprint density at radius 2 is 2.06 bits per heavy atom. The van der Waals surface area contributed by atoms with Crippen LogP contribution in [-0.2, 0) is 16.0 Å². The van der Waals surface area contributed by atoms with E-state index >= 15 is 0 Å². The first kappa shape index (κ1) is 24.2. The number of aliphatic hydroxyl groups is 1. The lowest BCUT2D eigenvalue weighted by molar-refractivity contribution is -0.123. The third kappa shape index (κ3) is 5.18. The average Bonchev–Trinajstić information content (AvgIpc) is 3.57. The molecule has 9 nitrogen and oxygen atoms in total. The molecule has 3 aliphatic rings. The summed E-state index contributed by atoms with van der Waals surface area (Å²) in [6, 6.07) is 6.20. The van der Waals surface area contributed by atoms with Gasteiger partial charge in [0.15, 0.2) is 11.9 Å². The number of carbonyl (C=O) groups is 3. The summed E-state index contributed by atoms with van der Waals surface area (Å²) in [5.41, 5.74) is 0.759. The number of Topliss-reactive ketones (excluding diaryl/α,β-unsaturated/α-hetero) is 1. The minimum Gasteiger partial charge on any atom is -0.479 e. The molecule has 2 N–H and O–H groups in total. The third-order valence-corrected chi connectivity index (χ3v) is 6.75. The molecule has 2 aliphatic carbocycles. The van der Waals surface area contributed by atoms with Crippen LogP contribution in [0.2, 0.25) is 0 Å². The molecule has 190 valence electrons. The lowest BCUT2D eigenvalue weighted by Gasteiger charge is -2.18. The zero-order valence-corrected chi connectivity index (χ0v) is 19.7. The van der Waals surface area contributed by atoms with Gasteiger partial charge in [-0.25, -0.2) is 9.37 Å². The van der Waals surface area contributed by atoms with Crippen molar-refractivity contribution in [3.05, 3.63) is 47.4 Å². The highest BCUT2D eigenvalue weighted by Gasteiger charge is 2.38. The van der Waals surface area contributed by atoms with Crippen molar-refractivity contribution in [3.63, 3.8) is 0 Å². The lowest BCUT2D eigenvalue weighted by Crippen LogP contribution is -2.32. The van der Waals surface area contributed by atoms with Crippen LogP contribution in [0.5, 0.6) is 11.6 Å². The Kier molecular flexibility index (Phi) is 6.86. The fourth-order valence-electron chi connectivity index (χ4n) is 4.61. The van der Waals surface area contributed by atoms with Crippen LogP contribution < -0.4 is 19.7 Å². The molecule has 5 rings (SSSR count). The summed E-state index contributed by atoms with van der Waals surface area (Å²) in [7, 11) is 0. The SMILES string of the molecule is O=C(CC1Cc2c(F)cc(N3CC[C@@H](Oc4ccc(OCC5CC5)nc4)C3=O)cc2C1=O)NCCO. The number of pyridine rings is 1. The molecule has 1 aromatic heterocycles. The van der Waals surface area contributed by atoms with E-state index in [1.165, 1.54) is 36.1 Å². The number of hydrogen-bond acceptors (Lipinski definition) is 7. The zero-order valence-electron chi connectivity index (χ0n) is 19.7. The number of halogens is 1. The zero-order chi connectivity index (χ0) is 25.2. The number of ether oxygens (including phenoxy) is 2. The molecular formula is C26H28FN3O6. The fraction of sp³-hybridized carbons (Fsp3) is 0.462. The fourth-order valence-corrected chi connectivity index (χ4v) is 4.61. The minimum absolute atomic E-state index is 0.0840. The van der Waals surface area contributed by atoms with Gasteiger partial charge in [-0.2, -0.15) is 0 Å². The number of anilines is 1. The van der Waals surface area contributed by atoms with Crippen LogP contribution in [-0.4, -0.2) is 60.1 Å². The molecule has 1 aromatic carbocycles. The first-order valence-corrected chi connectivity index (χ1v) is 12.2. The maximum Gasteiger partial charge on any atom is 0.268 e. The van der Waals surface area contributed by atoms with Crippen molar-refractivity contribution in [2.75, 3.05) is 31.2 Å². The van der Waals surface area contributed by atoms with Crippen LogP contribution in [0.25, 0.3) is 0 Å². The van der Waals surface area contributed by atoms with Crippen molar-refractivity contribution >= 4 is 23.3 Å². The Labute approximate surface area is 207 Å². The summed E-state index contributed by atoms with van der Waals surface area (Å²) in [6.07, 6.45) is 3.58. The molecule has 1 saturated heterocycles. The van der Waals surface area contributed by atoms with Gasteiger partial charge in [0.05, 0.1) is 19.4 Å². The van der Waals surface area contributed by atoms with Crippen LogP contribution >= 0.6 is 0 Å². The van der Waals surface area contributed by atoms with Gasteiger partial charge in [-0.15, -0.1) is 0 Å². The van der Waals surface area contributed by atoms with Crippen LogP contribution in [0, 0.1) is 17.7 Å². The van der Waals surface area contributed by atoms with E-state index in [1.54, 1.807) is 12.1 Å². The van der Waals surface area contributed by atoms with Crippen LogP contribution in [0.3, 0.4) is 0 Å². The van der Waals surface area contributed by atoms with Crippen molar-refractivity contribution in [3.8, 4) is 11.6 Å². The van der Waals surface area contributed by atoms with Crippen LogP contribution in [0.15, 0.2) is 30.5 Å². The van der Waals surface area contributed by atoms with Crippen LogP contribution in [0.4, 0.5) is 10.1 Å². The van der Waals surface area contributed by atoms with Crippen LogP contribution in [0.1, 0.15) is 41.6 Å². The highest BCUT2D eigenvalue weighted by atomic mass is 19.1. The van der Waals surface area contributed by atoms with E-state index in [0.717, 1.165) is 0 Å². The molecule has 36 heavy (non-hydrogen) atoms. The van der Waals surface area contributed by atoms with Gasteiger partial charge in [-0.05, 0) is 48.9 Å². The first-order chi connectivity index (χ1) is 17.4. The predicted molar refractivity (Wildman–Crippen MR) is 126 cm³/mol. The highest BCUT2D eigenvalue weighted by molar-refractivity contribution is 6.06. The monoisotopic (exact) mass is 497 g/mol. The first-order valence-electron chi connectivity index (χ1n) is 12.2. The van der Waals surface area contributed by atoms with Crippen molar-refractivity contribution in [2.24, 2.45) is 11.8 Å². The third-order valence-electron chi connectivity index (χ3n) is 6.75. The standard InChI is InChI=1S/C26H28FN3O6/c27-21-12-17(11-20-19(21)9-16(25(20)33)10-23(32)28-6-8-31)30-7-5-22(26(30)34)36-18-3-4-24(29-13-18)35-14-15-1-2-15/h3-4,11-13,15-16,22,31H,1-2,5-10,14H2,(H,28,32)/t16?,22-/m1/s1. The number of ketones is 1. The van der Waals surface area contributed by atoms with E-state index in [-0.39, 0.29) is 54.7 Å². The number of amides is 2. The van der Waals surface area contributed by atoms with Gasteiger partial charge in [0, 0.05) is 49.2 Å².